The van der Waals surface area contributed by atoms with E-state index in [-0.39, 0.29) is 11.8 Å². The molecule has 0 unspecified atom stereocenters. The molecule has 8 heteroatoms. The quantitative estimate of drug-likeness (QED) is 0.268. The summed E-state index contributed by atoms with van der Waals surface area (Å²) in [6.07, 6.45) is 4.27. The molecule has 4 fully saturated rings. The third kappa shape index (κ3) is 3.16. The van der Waals surface area contributed by atoms with E-state index in [0.717, 1.165) is 11.1 Å². The molecule has 5 aliphatic rings. The lowest BCUT2D eigenvalue weighted by atomic mass is 9.66. The van der Waals surface area contributed by atoms with Crippen molar-refractivity contribution in [2.45, 2.75) is 37.9 Å². The van der Waals surface area contributed by atoms with Gasteiger partial charge in [0.2, 0.25) is 23.6 Å². The molecule has 0 spiro atoms. The number of fused-ring (bicyclic) bond motifs is 6. The van der Waals surface area contributed by atoms with Gasteiger partial charge in [-0.25, -0.2) is 9.80 Å². The average Bonchev–Trinajstić information content (AvgIpc) is 3.67. The van der Waals surface area contributed by atoms with E-state index in [0.29, 0.717) is 23.4 Å². The molecule has 0 saturated carbocycles. The van der Waals surface area contributed by atoms with Crippen LogP contribution in [0.25, 0.3) is 0 Å². The van der Waals surface area contributed by atoms with E-state index in [2.05, 4.69) is 0 Å². The van der Waals surface area contributed by atoms with Gasteiger partial charge in [0.1, 0.15) is 5.54 Å². The van der Waals surface area contributed by atoms with Crippen molar-refractivity contribution in [2.24, 2.45) is 23.7 Å². The molecule has 4 amide bonds. The second-order valence-corrected chi connectivity index (χ2v) is 12.4. The largest absolute Gasteiger partial charge is 0.292 e. The van der Waals surface area contributed by atoms with Crippen molar-refractivity contribution in [3.63, 3.8) is 0 Å². The third-order valence-corrected chi connectivity index (χ3v) is 10.2. The summed E-state index contributed by atoms with van der Waals surface area (Å²) in [6.45, 7) is 3.85. The number of ketones is 1. The highest BCUT2D eigenvalue weighted by Crippen LogP contribution is 2.64. The van der Waals surface area contributed by atoms with E-state index in [1.807, 2.05) is 55.2 Å². The monoisotopic (exact) mass is 571 g/mol. The van der Waals surface area contributed by atoms with Gasteiger partial charge in [0.15, 0.2) is 5.78 Å². The molecule has 5 heterocycles. The molecule has 0 aliphatic carbocycles. The number of carbonyl (C=O) groups excluding carboxylic acids is 5. The molecular weight excluding hydrogens is 542 g/mol. The number of Topliss-reactive ketones (excluding diaryl/α,β-unsaturated/α-hetero) is 1. The van der Waals surface area contributed by atoms with E-state index in [1.165, 1.54) is 9.80 Å². The van der Waals surface area contributed by atoms with Crippen molar-refractivity contribution >= 4 is 40.8 Å². The van der Waals surface area contributed by atoms with Crippen LogP contribution in [0.5, 0.6) is 0 Å². The van der Waals surface area contributed by atoms with Gasteiger partial charge in [0.05, 0.1) is 35.0 Å². The first kappa shape index (κ1) is 26.0. The van der Waals surface area contributed by atoms with Gasteiger partial charge in [0, 0.05) is 17.6 Å². The number of carbonyl (C=O) groups is 5. The molecule has 214 valence electrons. The number of anilines is 2. The summed E-state index contributed by atoms with van der Waals surface area (Å²) in [6, 6.07) is 21.8. The maximum absolute atomic E-state index is 15.0. The van der Waals surface area contributed by atoms with Gasteiger partial charge in [-0.3, -0.25) is 28.9 Å². The van der Waals surface area contributed by atoms with Crippen LogP contribution in [0.2, 0.25) is 0 Å². The predicted octanol–water partition coefficient (Wildman–Crippen LogP) is 3.86. The maximum Gasteiger partial charge on any atom is 0.240 e. The Morgan fingerprint density at radius 2 is 1.19 bits per heavy atom. The van der Waals surface area contributed by atoms with E-state index >= 15 is 4.79 Å². The normalized spacial score (nSPS) is 32.4. The Bertz CT molecular complexity index is 1770. The molecule has 5 aliphatic heterocycles. The summed E-state index contributed by atoms with van der Waals surface area (Å²) in [4.78, 5) is 77.1. The minimum Gasteiger partial charge on any atom is -0.292 e. The van der Waals surface area contributed by atoms with Crippen molar-refractivity contribution in [3.8, 4) is 0 Å². The standard InChI is InChI=1S/C35H29N3O5/c1-19-11-15-22(16-12-19)36-31(40)26-24-9-6-10-25-27-29(34(43)37(32(27)41)23-17-13-20(2)14-18-23)35(38(24)25,28(26)33(36)42)30(39)21-7-4-3-5-8-21/h3-9,11-18,24-29H,10H2,1-2H3/t24-,25+,26+,27-,28-,29+,35-/m1/s1. The predicted molar refractivity (Wildman–Crippen MR) is 158 cm³/mol. The minimum atomic E-state index is -1.70. The fourth-order valence-electron chi connectivity index (χ4n) is 8.59. The Balaban J connectivity index is 1.36. The average molecular weight is 572 g/mol. The number of benzene rings is 3. The Morgan fingerprint density at radius 1 is 0.674 bits per heavy atom. The third-order valence-electron chi connectivity index (χ3n) is 10.2. The highest BCUT2D eigenvalue weighted by Gasteiger charge is 2.83. The SMILES string of the molecule is Cc1ccc(N2C(=O)[C@H]3[C@@H](C2=O)[C@@]2(C(=O)c4ccccc4)[C@H]4C(=O)N(c5ccc(C)cc5)C(=O)[C@H]4[C@H]4C=CC[C@@H]3N42)cc1. The Labute approximate surface area is 248 Å². The van der Waals surface area contributed by atoms with Crippen LogP contribution >= 0.6 is 0 Å². The molecule has 4 saturated heterocycles. The highest BCUT2D eigenvalue weighted by atomic mass is 16.2. The summed E-state index contributed by atoms with van der Waals surface area (Å²) in [5.74, 6) is -6.07. The van der Waals surface area contributed by atoms with Crippen molar-refractivity contribution in [2.75, 3.05) is 9.80 Å². The Hall–Kier alpha value is -4.69. The number of imide groups is 2. The number of rotatable bonds is 4. The van der Waals surface area contributed by atoms with Crippen LogP contribution in [0.3, 0.4) is 0 Å². The fraction of sp³-hybridized carbons (Fsp3) is 0.286. The van der Waals surface area contributed by atoms with Gasteiger partial charge in [-0.2, -0.15) is 0 Å². The van der Waals surface area contributed by atoms with Gasteiger partial charge in [0.25, 0.3) is 0 Å². The molecule has 0 aromatic heterocycles. The number of aryl methyl sites for hydroxylation is 2. The van der Waals surface area contributed by atoms with Gasteiger partial charge < -0.3 is 0 Å². The zero-order valence-electron chi connectivity index (χ0n) is 23.7. The molecule has 8 nitrogen and oxygen atoms in total. The molecule has 0 radical (unpaired) electrons. The van der Waals surface area contributed by atoms with Crippen molar-refractivity contribution in [1.29, 1.82) is 0 Å². The van der Waals surface area contributed by atoms with E-state index < -0.39 is 58.9 Å². The van der Waals surface area contributed by atoms with Gasteiger partial charge >= 0.3 is 0 Å². The van der Waals surface area contributed by atoms with E-state index in [4.69, 9.17) is 0 Å². The summed E-state index contributed by atoms with van der Waals surface area (Å²) in [7, 11) is 0. The number of nitrogens with zero attached hydrogens (tertiary/aromatic N) is 3. The zero-order chi connectivity index (χ0) is 29.8. The van der Waals surface area contributed by atoms with E-state index in [1.54, 1.807) is 54.6 Å². The first-order valence-electron chi connectivity index (χ1n) is 14.7. The maximum atomic E-state index is 15.0. The van der Waals surface area contributed by atoms with Crippen LogP contribution in [-0.4, -0.2) is 51.9 Å². The molecule has 3 aromatic carbocycles. The molecule has 7 atom stereocenters. The molecule has 43 heavy (non-hydrogen) atoms. The van der Waals surface area contributed by atoms with Gasteiger partial charge in [-0.05, 0) is 44.5 Å². The summed E-state index contributed by atoms with van der Waals surface area (Å²) < 4.78 is 0. The Kier molecular flexibility index (Phi) is 5.38. The molecular formula is C35H29N3O5. The van der Waals surface area contributed by atoms with Gasteiger partial charge in [-0.1, -0.05) is 77.9 Å². The van der Waals surface area contributed by atoms with Crippen molar-refractivity contribution < 1.29 is 24.0 Å². The smallest absolute Gasteiger partial charge is 0.240 e. The molecule has 0 N–H and O–H groups in total. The topological polar surface area (TPSA) is 95.1 Å². The lowest BCUT2D eigenvalue weighted by molar-refractivity contribution is -0.127. The summed E-state index contributed by atoms with van der Waals surface area (Å²) >= 11 is 0. The second kappa shape index (κ2) is 8.91. The van der Waals surface area contributed by atoms with Gasteiger partial charge in [-0.15, -0.1) is 0 Å². The van der Waals surface area contributed by atoms with Crippen LogP contribution < -0.4 is 9.80 Å². The first-order valence-corrected chi connectivity index (χ1v) is 14.7. The van der Waals surface area contributed by atoms with Crippen LogP contribution in [-0.2, 0) is 19.2 Å². The molecule has 0 bridgehead atoms. The van der Waals surface area contributed by atoms with Crippen molar-refractivity contribution in [1.82, 2.24) is 4.90 Å². The number of amides is 4. The fourth-order valence-corrected chi connectivity index (χ4v) is 8.59. The number of hydrogen-bond donors (Lipinski definition) is 0. The lowest BCUT2D eigenvalue weighted by Crippen LogP contribution is -2.62. The molecule has 8 rings (SSSR count). The summed E-state index contributed by atoms with van der Waals surface area (Å²) in [5, 5.41) is 0. The van der Waals surface area contributed by atoms with E-state index in [9.17, 15) is 19.2 Å². The second-order valence-electron chi connectivity index (χ2n) is 12.4. The Morgan fingerprint density at radius 3 is 1.74 bits per heavy atom. The highest BCUT2D eigenvalue weighted by molar-refractivity contribution is 6.29. The van der Waals surface area contributed by atoms with Crippen LogP contribution in [0.15, 0.2) is 91.0 Å². The zero-order valence-corrected chi connectivity index (χ0v) is 23.7. The number of hydrogen-bond acceptors (Lipinski definition) is 6. The van der Waals surface area contributed by atoms with Crippen LogP contribution in [0.4, 0.5) is 11.4 Å². The minimum absolute atomic E-state index is 0.346. The van der Waals surface area contributed by atoms with Crippen LogP contribution in [0.1, 0.15) is 27.9 Å². The van der Waals surface area contributed by atoms with Crippen LogP contribution in [0, 0.1) is 37.5 Å². The lowest BCUT2D eigenvalue weighted by Gasteiger charge is -2.43. The molecule has 3 aromatic rings. The summed E-state index contributed by atoms with van der Waals surface area (Å²) in [5.41, 5.74) is 1.48. The van der Waals surface area contributed by atoms with Crippen molar-refractivity contribution in [3.05, 3.63) is 108 Å². The first-order chi connectivity index (χ1) is 20.8.